The van der Waals surface area contributed by atoms with E-state index in [9.17, 15) is 0 Å². The summed E-state index contributed by atoms with van der Waals surface area (Å²) in [6.45, 7) is 10.5. The van der Waals surface area contributed by atoms with Gasteiger partial charge in [-0.25, -0.2) is 0 Å². The molecule has 0 amide bonds. The Morgan fingerprint density at radius 2 is 2.11 bits per heavy atom. The van der Waals surface area contributed by atoms with Crippen molar-refractivity contribution in [2.24, 2.45) is 5.92 Å². The number of aryl methyl sites for hydroxylation is 1. The van der Waals surface area contributed by atoms with Gasteiger partial charge in [-0.1, -0.05) is 13.3 Å². The number of thiophene rings is 1. The molecule has 1 fully saturated rings. The van der Waals surface area contributed by atoms with Crippen LogP contribution in [0.4, 0.5) is 0 Å². The first-order chi connectivity index (χ1) is 9.15. The number of nitrogens with zero attached hydrogens (tertiary/aromatic N) is 1. The number of halogens is 1. The summed E-state index contributed by atoms with van der Waals surface area (Å²) in [5.74, 6) is 0.739. The Balaban J connectivity index is 1.64. The van der Waals surface area contributed by atoms with Crippen molar-refractivity contribution in [3.8, 4) is 0 Å². The molecule has 108 valence electrons. The third-order valence-corrected chi connectivity index (χ3v) is 5.86. The van der Waals surface area contributed by atoms with Crippen LogP contribution in [0.3, 0.4) is 0 Å². The van der Waals surface area contributed by atoms with Crippen LogP contribution in [0.5, 0.6) is 0 Å². The van der Waals surface area contributed by atoms with Crippen molar-refractivity contribution in [3.63, 3.8) is 0 Å². The van der Waals surface area contributed by atoms with Crippen molar-refractivity contribution in [2.45, 2.75) is 39.7 Å². The van der Waals surface area contributed by atoms with Gasteiger partial charge in [-0.15, -0.1) is 11.3 Å². The lowest BCUT2D eigenvalue weighted by atomic mass is 10.1. The quantitative estimate of drug-likeness (QED) is 0.837. The summed E-state index contributed by atoms with van der Waals surface area (Å²) in [4.78, 5) is 5.43. The van der Waals surface area contributed by atoms with Crippen molar-refractivity contribution >= 4 is 27.3 Å². The van der Waals surface area contributed by atoms with Crippen LogP contribution in [0, 0.1) is 12.8 Å². The maximum Gasteiger partial charge on any atom is 0.0314 e. The van der Waals surface area contributed by atoms with Crippen molar-refractivity contribution < 1.29 is 0 Å². The minimum Gasteiger partial charge on any atom is -0.312 e. The molecule has 0 aromatic carbocycles. The molecule has 1 aliphatic rings. The van der Waals surface area contributed by atoms with Crippen molar-refractivity contribution in [2.75, 3.05) is 26.2 Å². The predicted octanol–water partition coefficient (Wildman–Crippen LogP) is 4.03. The Hall–Kier alpha value is 0.100. The van der Waals surface area contributed by atoms with E-state index in [2.05, 4.69) is 46.1 Å². The molecule has 0 saturated carbocycles. The Kier molecular flexibility index (Phi) is 6.33. The number of rotatable bonds is 6. The highest BCUT2D eigenvalue weighted by Gasteiger charge is 2.13. The van der Waals surface area contributed by atoms with Gasteiger partial charge >= 0.3 is 0 Å². The molecule has 4 heteroatoms. The number of likely N-dealkylation sites (tertiary alicyclic amines) is 1. The van der Waals surface area contributed by atoms with Crippen LogP contribution in [0.1, 0.15) is 35.9 Å². The molecule has 1 aliphatic heterocycles. The van der Waals surface area contributed by atoms with Crippen LogP contribution in [0.15, 0.2) is 10.5 Å². The molecule has 1 atom stereocenters. The maximum absolute atomic E-state index is 3.59. The maximum atomic E-state index is 3.59. The molecule has 1 aromatic heterocycles. The van der Waals surface area contributed by atoms with Crippen LogP contribution in [0.2, 0.25) is 0 Å². The fourth-order valence-electron chi connectivity index (χ4n) is 2.69. The highest BCUT2D eigenvalue weighted by molar-refractivity contribution is 9.10. The van der Waals surface area contributed by atoms with E-state index in [4.69, 9.17) is 0 Å². The summed E-state index contributed by atoms with van der Waals surface area (Å²) in [7, 11) is 0. The van der Waals surface area contributed by atoms with E-state index in [1.54, 1.807) is 0 Å². The first-order valence-corrected chi connectivity index (χ1v) is 8.94. The predicted molar refractivity (Wildman–Crippen MR) is 87.9 cm³/mol. The lowest BCUT2D eigenvalue weighted by molar-refractivity contribution is 0.199. The molecule has 19 heavy (non-hydrogen) atoms. The van der Waals surface area contributed by atoms with E-state index in [1.165, 1.54) is 53.1 Å². The van der Waals surface area contributed by atoms with Gasteiger partial charge in [0.2, 0.25) is 0 Å². The minimum absolute atomic E-state index is 0.739. The monoisotopic (exact) mass is 344 g/mol. The van der Waals surface area contributed by atoms with E-state index in [0.717, 1.165) is 19.0 Å². The molecule has 0 aliphatic carbocycles. The second-order valence-corrected chi connectivity index (χ2v) is 7.91. The number of piperidine rings is 1. The number of hydrogen-bond donors (Lipinski definition) is 1. The third kappa shape index (κ3) is 5.18. The van der Waals surface area contributed by atoms with Gasteiger partial charge in [-0.2, -0.15) is 0 Å². The molecule has 1 unspecified atom stereocenters. The molecule has 2 nitrogen and oxygen atoms in total. The van der Waals surface area contributed by atoms with Gasteiger partial charge in [0.05, 0.1) is 0 Å². The van der Waals surface area contributed by atoms with Crippen molar-refractivity contribution in [1.82, 2.24) is 10.2 Å². The lowest BCUT2D eigenvalue weighted by Gasteiger charge is -2.29. The van der Waals surface area contributed by atoms with Gasteiger partial charge in [0, 0.05) is 27.3 Å². The third-order valence-electron chi connectivity index (χ3n) is 3.72. The SMILES string of the molecule is Cc1sc(CNCC(C)CN2CCCCC2)cc1Br. The Morgan fingerprint density at radius 1 is 1.37 bits per heavy atom. The smallest absolute Gasteiger partial charge is 0.0314 e. The van der Waals surface area contributed by atoms with Gasteiger partial charge in [0.15, 0.2) is 0 Å². The van der Waals surface area contributed by atoms with Crippen molar-refractivity contribution in [1.29, 1.82) is 0 Å². The Labute approximate surface area is 129 Å². The van der Waals surface area contributed by atoms with Gasteiger partial charge in [-0.05, 0) is 67.3 Å². The average molecular weight is 345 g/mol. The summed E-state index contributed by atoms with van der Waals surface area (Å²) in [6, 6.07) is 2.24. The number of hydrogen-bond acceptors (Lipinski definition) is 3. The topological polar surface area (TPSA) is 15.3 Å². The molecule has 1 saturated heterocycles. The van der Waals surface area contributed by atoms with Gasteiger partial charge in [-0.3, -0.25) is 0 Å². The lowest BCUT2D eigenvalue weighted by Crippen LogP contribution is -2.36. The van der Waals surface area contributed by atoms with Gasteiger partial charge in [0.25, 0.3) is 0 Å². The Bertz CT molecular complexity index is 366. The molecule has 1 N–H and O–H groups in total. The normalized spacial score (nSPS) is 18.7. The van der Waals surface area contributed by atoms with Crippen LogP contribution in [-0.4, -0.2) is 31.1 Å². The minimum atomic E-state index is 0.739. The van der Waals surface area contributed by atoms with E-state index >= 15 is 0 Å². The molecule has 1 aromatic rings. The number of nitrogens with one attached hydrogen (secondary N) is 1. The molecular formula is C15H25BrN2S. The van der Waals surface area contributed by atoms with Crippen LogP contribution >= 0.6 is 27.3 Å². The summed E-state index contributed by atoms with van der Waals surface area (Å²) in [5.41, 5.74) is 0. The highest BCUT2D eigenvalue weighted by Crippen LogP contribution is 2.26. The molecular weight excluding hydrogens is 320 g/mol. The van der Waals surface area contributed by atoms with Crippen LogP contribution in [-0.2, 0) is 6.54 Å². The molecule has 0 radical (unpaired) electrons. The first kappa shape index (κ1) is 15.5. The van der Waals surface area contributed by atoms with E-state index in [0.29, 0.717) is 0 Å². The second-order valence-electron chi connectivity index (χ2n) is 5.71. The summed E-state index contributed by atoms with van der Waals surface area (Å²) in [5, 5.41) is 3.59. The van der Waals surface area contributed by atoms with E-state index in [1.807, 2.05) is 11.3 Å². The fraction of sp³-hybridized carbons (Fsp3) is 0.733. The fourth-order valence-corrected chi connectivity index (χ4v) is 4.27. The standard InChI is InChI=1S/C15H25BrN2S/c1-12(11-18-6-4-3-5-7-18)9-17-10-14-8-15(16)13(2)19-14/h8,12,17H,3-7,9-11H2,1-2H3. The zero-order valence-electron chi connectivity index (χ0n) is 12.0. The first-order valence-electron chi connectivity index (χ1n) is 7.33. The van der Waals surface area contributed by atoms with Gasteiger partial charge < -0.3 is 10.2 Å². The molecule has 2 rings (SSSR count). The van der Waals surface area contributed by atoms with Crippen LogP contribution < -0.4 is 5.32 Å². The highest BCUT2D eigenvalue weighted by atomic mass is 79.9. The summed E-state index contributed by atoms with van der Waals surface area (Å²) >= 11 is 5.46. The largest absolute Gasteiger partial charge is 0.312 e. The zero-order chi connectivity index (χ0) is 13.7. The second kappa shape index (κ2) is 7.77. The molecule has 2 heterocycles. The van der Waals surface area contributed by atoms with Crippen LogP contribution in [0.25, 0.3) is 0 Å². The Morgan fingerprint density at radius 3 is 2.74 bits per heavy atom. The van der Waals surface area contributed by atoms with Crippen molar-refractivity contribution in [3.05, 3.63) is 20.3 Å². The average Bonchev–Trinajstić information content (AvgIpc) is 2.70. The summed E-state index contributed by atoms with van der Waals surface area (Å²) < 4.78 is 1.25. The summed E-state index contributed by atoms with van der Waals surface area (Å²) in [6.07, 6.45) is 4.21. The molecule has 0 bridgehead atoms. The zero-order valence-corrected chi connectivity index (χ0v) is 14.4. The molecule has 0 spiro atoms. The van der Waals surface area contributed by atoms with Gasteiger partial charge in [0.1, 0.15) is 0 Å². The van der Waals surface area contributed by atoms with E-state index < -0.39 is 0 Å². The van der Waals surface area contributed by atoms with E-state index in [-0.39, 0.29) is 0 Å².